The third kappa shape index (κ3) is 2.45. The Morgan fingerprint density at radius 1 is 1.54 bits per heavy atom. The van der Waals surface area contributed by atoms with Crippen molar-refractivity contribution in [3.05, 3.63) is 20.3 Å². The fourth-order valence-corrected chi connectivity index (χ4v) is 2.79. The fraction of sp³-hybridized carbons (Fsp3) is 0.429. The average Bonchev–Trinajstić information content (AvgIpc) is 2.26. The van der Waals surface area contributed by atoms with E-state index in [9.17, 15) is 13.2 Å². The largest absolute Gasteiger partial charge is 0.408 e. The zero-order valence-corrected chi connectivity index (χ0v) is 9.05. The average molecular weight is 274 g/mol. The molecule has 2 N–H and O–H groups in total. The standard InChI is InChI=1S/C7H7BrF3NS/c1-3-2-4(8)5(13-3)6(12)7(9,10)11/h2,6H,12H2,1H3. The molecule has 1 rings (SSSR count). The summed E-state index contributed by atoms with van der Waals surface area (Å²) in [5, 5.41) is 0. The number of rotatable bonds is 1. The molecule has 0 fully saturated rings. The summed E-state index contributed by atoms with van der Waals surface area (Å²) in [6.45, 7) is 1.74. The quantitative estimate of drug-likeness (QED) is 0.834. The molecule has 1 aromatic rings. The summed E-state index contributed by atoms with van der Waals surface area (Å²) in [5.74, 6) is 0. The molecule has 1 atom stereocenters. The van der Waals surface area contributed by atoms with Gasteiger partial charge in [0.05, 0.1) is 0 Å². The predicted molar refractivity (Wildman–Crippen MR) is 49.7 cm³/mol. The Labute approximate surface area is 85.9 Å². The molecule has 1 aromatic heterocycles. The van der Waals surface area contributed by atoms with E-state index in [4.69, 9.17) is 5.73 Å². The van der Waals surface area contributed by atoms with Gasteiger partial charge in [-0.3, -0.25) is 0 Å². The Bertz CT molecular complexity index is 307. The van der Waals surface area contributed by atoms with Crippen molar-refractivity contribution in [3.8, 4) is 0 Å². The number of hydrogen-bond donors (Lipinski definition) is 1. The molecule has 0 aliphatic heterocycles. The number of thiophene rings is 1. The first-order chi connectivity index (χ1) is 5.82. The Morgan fingerprint density at radius 3 is 2.38 bits per heavy atom. The molecule has 1 nitrogen and oxygen atoms in total. The van der Waals surface area contributed by atoms with E-state index >= 15 is 0 Å². The van der Waals surface area contributed by atoms with E-state index in [1.807, 2.05) is 0 Å². The lowest BCUT2D eigenvalue weighted by Gasteiger charge is -2.14. The molecule has 0 aliphatic carbocycles. The molecule has 0 aliphatic rings. The van der Waals surface area contributed by atoms with Gasteiger partial charge in [-0.15, -0.1) is 11.3 Å². The van der Waals surface area contributed by atoms with E-state index in [2.05, 4.69) is 15.9 Å². The molecule has 13 heavy (non-hydrogen) atoms. The van der Waals surface area contributed by atoms with Crippen LogP contribution in [-0.2, 0) is 0 Å². The lowest BCUT2D eigenvalue weighted by atomic mass is 10.2. The van der Waals surface area contributed by atoms with Crippen molar-refractivity contribution in [3.63, 3.8) is 0 Å². The van der Waals surface area contributed by atoms with Gasteiger partial charge >= 0.3 is 6.18 Å². The van der Waals surface area contributed by atoms with Crippen LogP contribution in [0.5, 0.6) is 0 Å². The molecule has 74 valence electrons. The van der Waals surface area contributed by atoms with Crippen molar-refractivity contribution >= 4 is 27.3 Å². The summed E-state index contributed by atoms with van der Waals surface area (Å²) in [7, 11) is 0. The first kappa shape index (κ1) is 11.0. The Balaban J connectivity index is 3.01. The highest BCUT2D eigenvalue weighted by Crippen LogP contribution is 2.38. The Morgan fingerprint density at radius 2 is 2.08 bits per heavy atom. The van der Waals surface area contributed by atoms with Crippen molar-refractivity contribution in [2.75, 3.05) is 0 Å². The van der Waals surface area contributed by atoms with Gasteiger partial charge in [0.15, 0.2) is 0 Å². The number of aryl methyl sites for hydroxylation is 1. The maximum Gasteiger partial charge on any atom is 0.408 e. The highest BCUT2D eigenvalue weighted by Gasteiger charge is 2.39. The maximum atomic E-state index is 12.2. The van der Waals surface area contributed by atoms with Crippen LogP contribution in [0.2, 0.25) is 0 Å². The van der Waals surface area contributed by atoms with Crippen LogP contribution in [0.3, 0.4) is 0 Å². The first-order valence-electron chi connectivity index (χ1n) is 3.40. The highest BCUT2D eigenvalue weighted by atomic mass is 79.9. The SMILES string of the molecule is Cc1cc(Br)c(C(N)C(F)(F)F)s1. The topological polar surface area (TPSA) is 26.0 Å². The lowest BCUT2D eigenvalue weighted by molar-refractivity contribution is -0.148. The van der Waals surface area contributed by atoms with Gasteiger partial charge in [-0.2, -0.15) is 13.2 Å². The molecule has 1 heterocycles. The number of nitrogens with two attached hydrogens (primary N) is 1. The first-order valence-corrected chi connectivity index (χ1v) is 5.01. The molecule has 0 spiro atoms. The fourth-order valence-electron chi connectivity index (χ4n) is 0.862. The Hall–Kier alpha value is -0.0700. The van der Waals surface area contributed by atoms with Crippen LogP contribution in [0.4, 0.5) is 13.2 Å². The molecule has 0 saturated heterocycles. The minimum absolute atomic E-state index is 0.130. The molecule has 0 saturated carbocycles. The van der Waals surface area contributed by atoms with E-state index in [0.29, 0.717) is 4.47 Å². The highest BCUT2D eigenvalue weighted by molar-refractivity contribution is 9.10. The normalized spacial score (nSPS) is 14.6. The maximum absolute atomic E-state index is 12.2. The molecular weight excluding hydrogens is 267 g/mol. The van der Waals surface area contributed by atoms with Crippen molar-refractivity contribution < 1.29 is 13.2 Å². The van der Waals surface area contributed by atoms with E-state index in [1.54, 1.807) is 13.0 Å². The van der Waals surface area contributed by atoms with Crippen LogP contribution < -0.4 is 5.73 Å². The number of alkyl halides is 3. The molecule has 1 unspecified atom stereocenters. The third-order valence-electron chi connectivity index (χ3n) is 1.47. The number of halogens is 4. The van der Waals surface area contributed by atoms with Crippen LogP contribution in [0.15, 0.2) is 10.5 Å². The van der Waals surface area contributed by atoms with Crippen LogP contribution in [-0.4, -0.2) is 6.18 Å². The smallest absolute Gasteiger partial charge is 0.316 e. The van der Waals surface area contributed by atoms with Crippen molar-refractivity contribution in [1.29, 1.82) is 0 Å². The summed E-state index contributed by atoms with van der Waals surface area (Å²) in [6, 6.07) is -0.258. The second-order valence-corrected chi connectivity index (χ2v) is 4.73. The predicted octanol–water partition coefficient (Wildman–Crippen LogP) is 3.38. The summed E-state index contributed by atoms with van der Waals surface area (Å²) in [6.07, 6.45) is -4.38. The van der Waals surface area contributed by atoms with Crippen molar-refractivity contribution in [2.45, 2.75) is 19.1 Å². The lowest BCUT2D eigenvalue weighted by Crippen LogP contribution is -2.27. The van der Waals surface area contributed by atoms with Gasteiger partial charge in [-0.25, -0.2) is 0 Å². The minimum atomic E-state index is -4.38. The monoisotopic (exact) mass is 273 g/mol. The van der Waals surface area contributed by atoms with Crippen molar-refractivity contribution in [1.82, 2.24) is 0 Å². The summed E-state index contributed by atoms with van der Waals surface area (Å²) in [5.41, 5.74) is 5.04. The molecule has 0 radical (unpaired) electrons. The van der Waals surface area contributed by atoms with Gasteiger partial charge in [0.25, 0.3) is 0 Å². The van der Waals surface area contributed by atoms with E-state index in [0.717, 1.165) is 16.2 Å². The van der Waals surface area contributed by atoms with Crippen LogP contribution in [0, 0.1) is 6.92 Å². The molecule has 0 aromatic carbocycles. The summed E-state index contributed by atoms with van der Waals surface area (Å²) < 4.78 is 37.0. The van der Waals surface area contributed by atoms with Crippen LogP contribution >= 0.6 is 27.3 Å². The molecular formula is C7H7BrF3NS. The van der Waals surface area contributed by atoms with Gasteiger partial charge < -0.3 is 5.73 Å². The van der Waals surface area contributed by atoms with Gasteiger partial charge in [0.1, 0.15) is 6.04 Å². The molecule has 6 heteroatoms. The van der Waals surface area contributed by atoms with Crippen LogP contribution in [0.25, 0.3) is 0 Å². The molecule has 0 bridgehead atoms. The molecule has 0 amide bonds. The van der Waals surface area contributed by atoms with Gasteiger partial charge in [0, 0.05) is 14.2 Å². The Kier molecular flexibility index (Phi) is 3.04. The van der Waals surface area contributed by atoms with Gasteiger partial charge in [-0.1, -0.05) is 0 Å². The second-order valence-electron chi connectivity index (χ2n) is 2.59. The number of hydrogen-bond acceptors (Lipinski definition) is 2. The van der Waals surface area contributed by atoms with E-state index in [-0.39, 0.29) is 4.88 Å². The van der Waals surface area contributed by atoms with Crippen LogP contribution in [0.1, 0.15) is 15.8 Å². The van der Waals surface area contributed by atoms with E-state index in [1.165, 1.54) is 0 Å². The summed E-state index contributed by atoms with van der Waals surface area (Å²) in [4.78, 5) is 0.937. The summed E-state index contributed by atoms with van der Waals surface area (Å²) >= 11 is 4.10. The third-order valence-corrected chi connectivity index (χ3v) is 3.52. The zero-order valence-electron chi connectivity index (χ0n) is 6.65. The second kappa shape index (κ2) is 3.59. The minimum Gasteiger partial charge on any atom is -0.316 e. The van der Waals surface area contributed by atoms with Gasteiger partial charge in [-0.05, 0) is 28.9 Å². The van der Waals surface area contributed by atoms with E-state index < -0.39 is 12.2 Å². The zero-order chi connectivity index (χ0) is 10.2. The van der Waals surface area contributed by atoms with Gasteiger partial charge in [0.2, 0.25) is 0 Å². The van der Waals surface area contributed by atoms with Crippen molar-refractivity contribution in [2.24, 2.45) is 5.73 Å².